The molecule has 1 fully saturated rings. The van der Waals surface area contributed by atoms with Crippen LogP contribution in [0.1, 0.15) is 24.6 Å². The number of nitrogens with zero attached hydrogens (tertiary/aromatic N) is 3. The Hall–Kier alpha value is -2.40. The maximum Gasteiger partial charge on any atom is 0.123 e. The van der Waals surface area contributed by atoms with Gasteiger partial charge >= 0.3 is 0 Å². The number of benzene rings is 1. The molecule has 4 rings (SSSR count). The lowest BCUT2D eigenvalue weighted by atomic mass is 10.0. The average Bonchev–Trinajstić information content (AvgIpc) is 3.09. The number of halogens is 1. The number of hydrogen-bond acceptors (Lipinski definition) is 3. The van der Waals surface area contributed by atoms with E-state index in [9.17, 15) is 4.39 Å². The molecule has 1 N–H and O–H groups in total. The summed E-state index contributed by atoms with van der Waals surface area (Å²) in [4.78, 5) is 7.09. The summed E-state index contributed by atoms with van der Waals surface area (Å²) in [5.74, 6) is -0.221. The largest absolute Gasteiger partial charge is 0.387 e. The fraction of sp³-hybridized carbons (Fsp3) is 0.350. The highest BCUT2D eigenvalue weighted by molar-refractivity contribution is 5.82. The maximum absolute atomic E-state index is 13.3. The summed E-state index contributed by atoms with van der Waals surface area (Å²) in [5.41, 5.74) is 4.20. The van der Waals surface area contributed by atoms with Crippen LogP contribution in [0.25, 0.3) is 16.8 Å². The van der Waals surface area contributed by atoms with E-state index < -0.39 is 0 Å². The van der Waals surface area contributed by atoms with Crippen LogP contribution in [-0.2, 0) is 0 Å². The molecule has 0 bridgehead atoms. The minimum absolute atomic E-state index is 0.221. The first-order valence-electron chi connectivity index (χ1n) is 8.84. The van der Waals surface area contributed by atoms with Gasteiger partial charge in [0.15, 0.2) is 0 Å². The van der Waals surface area contributed by atoms with Gasteiger partial charge in [-0.1, -0.05) is 6.08 Å². The Kier molecular flexibility index (Phi) is 4.40. The third kappa shape index (κ3) is 3.24. The van der Waals surface area contributed by atoms with Crippen LogP contribution in [0.2, 0.25) is 0 Å². The molecule has 3 heterocycles. The molecule has 4 nitrogen and oxygen atoms in total. The van der Waals surface area contributed by atoms with Crippen molar-refractivity contribution in [3.05, 3.63) is 60.5 Å². The van der Waals surface area contributed by atoms with Crippen molar-refractivity contribution in [1.82, 2.24) is 19.8 Å². The number of aromatic nitrogens is 2. The third-order valence-electron chi connectivity index (χ3n) is 5.09. The predicted octanol–water partition coefficient (Wildman–Crippen LogP) is 3.46. The minimum atomic E-state index is -0.221. The summed E-state index contributed by atoms with van der Waals surface area (Å²) in [5, 5.41) is 3.21. The summed E-state index contributed by atoms with van der Waals surface area (Å²) < 4.78 is 15.7. The second kappa shape index (κ2) is 6.84. The van der Waals surface area contributed by atoms with Crippen LogP contribution in [0.15, 0.2) is 48.9 Å². The van der Waals surface area contributed by atoms with Gasteiger partial charge in [-0.05, 0) is 75.1 Å². The quantitative estimate of drug-likeness (QED) is 0.930. The Morgan fingerprint density at radius 1 is 1.16 bits per heavy atom. The van der Waals surface area contributed by atoms with Crippen molar-refractivity contribution in [3.63, 3.8) is 0 Å². The first kappa shape index (κ1) is 16.1. The predicted molar refractivity (Wildman–Crippen MR) is 98.5 cm³/mol. The van der Waals surface area contributed by atoms with Gasteiger partial charge in [-0.3, -0.25) is 0 Å². The number of rotatable bonds is 3. The molecule has 0 saturated carbocycles. The van der Waals surface area contributed by atoms with E-state index in [2.05, 4.69) is 34.0 Å². The monoisotopic (exact) mass is 338 g/mol. The van der Waals surface area contributed by atoms with Gasteiger partial charge in [0.1, 0.15) is 5.82 Å². The maximum atomic E-state index is 13.3. The lowest BCUT2D eigenvalue weighted by molar-refractivity contribution is 0.220. The molecule has 1 aromatic heterocycles. The van der Waals surface area contributed by atoms with E-state index in [1.165, 1.54) is 17.7 Å². The van der Waals surface area contributed by atoms with Gasteiger partial charge in [-0.15, -0.1) is 0 Å². The molecule has 0 amide bonds. The van der Waals surface area contributed by atoms with Gasteiger partial charge in [0.25, 0.3) is 0 Å². The summed E-state index contributed by atoms with van der Waals surface area (Å²) in [6, 6.07) is 7.08. The van der Waals surface area contributed by atoms with Crippen molar-refractivity contribution in [2.24, 2.45) is 0 Å². The topological polar surface area (TPSA) is 33.1 Å². The number of hydrogen-bond donors (Lipinski definition) is 1. The minimum Gasteiger partial charge on any atom is -0.387 e. The third-order valence-corrected chi connectivity index (χ3v) is 5.09. The van der Waals surface area contributed by atoms with Crippen molar-refractivity contribution < 1.29 is 4.39 Å². The molecule has 0 spiro atoms. The number of dihydropyridines is 1. The average molecular weight is 338 g/mol. The van der Waals surface area contributed by atoms with E-state index in [0.717, 1.165) is 49.4 Å². The Bertz CT molecular complexity index is 796. The van der Waals surface area contributed by atoms with Crippen molar-refractivity contribution in [2.45, 2.75) is 18.9 Å². The Balaban J connectivity index is 1.78. The normalized spacial score (nSPS) is 18.9. The molecule has 1 aromatic carbocycles. The van der Waals surface area contributed by atoms with Crippen LogP contribution in [-0.4, -0.2) is 41.1 Å². The molecule has 0 atom stereocenters. The van der Waals surface area contributed by atoms with Gasteiger partial charge in [-0.2, -0.15) is 0 Å². The van der Waals surface area contributed by atoms with Gasteiger partial charge in [0.05, 0.1) is 17.7 Å². The molecule has 0 radical (unpaired) electrons. The lowest BCUT2D eigenvalue weighted by Crippen LogP contribution is -2.31. The van der Waals surface area contributed by atoms with Crippen LogP contribution in [0.3, 0.4) is 0 Å². The molecular weight excluding hydrogens is 315 g/mol. The lowest BCUT2D eigenvalue weighted by Gasteiger charge is -2.31. The zero-order valence-electron chi connectivity index (χ0n) is 14.5. The van der Waals surface area contributed by atoms with Crippen LogP contribution in [0, 0.1) is 5.82 Å². The summed E-state index contributed by atoms with van der Waals surface area (Å²) in [7, 11) is 2.17. The Labute approximate surface area is 147 Å². The molecule has 2 aliphatic heterocycles. The molecule has 1 saturated heterocycles. The van der Waals surface area contributed by atoms with Crippen molar-refractivity contribution in [3.8, 4) is 11.3 Å². The number of likely N-dealkylation sites (tertiary alicyclic amines) is 1. The fourth-order valence-corrected chi connectivity index (χ4v) is 3.65. The molecule has 0 unspecified atom stereocenters. The molecule has 2 aromatic rings. The molecular formula is C20H23FN4. The zero-order valence-corrected chi connectivity index (χ0v) is 14.5. The Morgan fingerprint density at radius 3 is 2.60 bits per heavy atom. The SMILES string of the molecule is CN1CCC(n2cnc(-c3ccc(F)cc3)c2C2=CCNC=C2)CC1. The highest BCUT2D eigenvalue weighted by Crippen LogP contribution is 2.34. The molecule has 0 aliphatic carbocycles. The number of nitrogens with one attached hydrogen (secondary N) is 1. The van der Waals surface area contributed by atoms with E-state index in [-0.39, 0.29) is 5.82 Å². The molecule has 2 aliphatic rings. The van der Waals surface area contributed by atoms with E-state index in [4.69, 9.17) is 4.98 Å². The van der Waals surface area contributed by atoms with E-state index in [0.29, 0.717) is 6.04 Å². The highest BCUT2D eigenvalue weighted by atomic mass is 19.1. The van der Waals surface area contributed by atoms with Gasteiger partial charge < -0.3 is 14.8 Å². The molecule has 25 heavy (non-hydrogen) atoms. The van der Waals surface area contributed by atoms with E-state index in [1.807, 2.05) is 24.7 Å². The second-order valence-corrected chi connectivity index (χ2v) is 6.79. The van der Waals surface area contributed by atoms with Crippen molar-refractivity contribution in [2.75, 3.05) is 26.7 Å². The summed E-state index contributed by atoms with van der Waals surface area (Å²) in [6.45, 7) is 3.02. The van der Waals surface area contributed by atoms with Crippen LogP contribution in [0.5, 0.6) is 0 Å². The van der Waals surface area contributed by atoms with E-state index >= 15 is 0 Å². The highest BCUT2D eigenvalue weighted by Gasteiger charge is 2.24. The first-order valence-corrected chi connectivity index (χ1v) is 8.84. The van der Waals surface area contributed by atoms with Crippen molar-refractivity contribution in [1.29, 1.82) is 0 Å². The summed E-state index contributed by atoms with van der Waals surface area (Å²) >= 11 is 0. The zero-order chi connectivity index (χ0) is 17.2. The Morgan fingerprint density at radius 2 is 1.92 bits per heavy atom. The number of piperidine rings is 1. The second-order valence-electron chi connectivity index (χ2n) is 6.79. The number of imidazole rings is 1. The van der Waals surface area contributed by atoms with Gasteiger partial charge in [0.2, 0.25) is 0 Å². The summed E-state index contributed by atoms with van der Waals surface area (Å²) in [6.07, 6.45) is 10.5. The van der Waals surface area contributed by atoms with Crippen LogP contribution < -0.4 is 5.32 Å². The molecule has 5 heteroatoms. The standard InChI is InChI=1S/C20H23FN4/c1-24-12-8-18(9-13-24)25-14-23-19(15-2-4-17(21)5-3-15)20(25)16-6-10-22-11-7-16/h2-7,10,14,18,22H,8-9,11-13H2,1H3. The van der Waals surface area contributed by atoms with Gasteiger partial charge in [-0.25, -0.2) is 9.37 Å². The van der Waals surface area contributed by atoms with Crippen LogP contribution in [0.4, 0.5) is 4.39 Å². The van der Waals surface area contributed by atoms with Crippen LogP contribution >= 0.6 is 0 Å². The fourth-order valence-electron chi connectivity index (χ4n) is 3.65. The van der Waals surface area contributed by atoms with E-state index in [1.54, 1.807) is 0 Å². The smallest absolute Gasteiger partial charge is 0.123 e. The molecule has 130 valence electrons. The van der Waals surface area contributed by atoms with Crippen molar-refractivity contribution >= 4 is 5.57 Å². The van der Waals surface area contributed by atoms with Gasteiger partial charge in [0, 0.05) is 18.2 Å². The first-order chi connectivity index (χ1) is 12.2. The number of allylic oxidation sites excluding steroid dienone is 2.